The zero-order chi connectivity index (χ0) is 9.40. The first-order valence-electron chi connectivity index (χ1n) is 3.51. The van der Waals surface area contributed by atoms with Gasteiger partial charge in [0, 0.05) is 12.8 Å². The molecule has 0 rings (SSSR count). The van der Waals surface area contributed by atoms with Crippen LogP contribution in [0, 0.1) is 0 Å². The molecule has 2 nitrogen and oxygen atoms in total. The molecule has 0 unspecified atom stereocenters. The maximum atomic E-state index is 10.7. The molecular weight excluding hydrogens is 288 g/mol. The number of ketones is 2. The maximum Gasteiger partial charge on any atom is 0.147 e. The molecule has 0 saturated carbocycles. The van der Waals surface area contributed by atoms with Crippen molar-refractivity contribution in [2.24, 2.45) is 0 Å². The van der Waals surface area contributed by atoms with Gasteiger partial charge >= 0.3 is 0 Å². The minimum atomic E-state index is 0.123. The van der Waals surface area contributed by atoms with Crippen molar-refractivity contribution < 1.29 is 9.59 Å². The number of rotatable bonds is 6. The molecule has 12 heavy (non-hydrogen) atoms. The quantitative estimate of drug-likeness (QED) is 0.557. The Kier molecular flexibility index (Phi) is 7.70. The van der Waals surface area contributed by atoms with Gasteiger partial charge in [0.15, 0.2) is 0 Å². The topological polar surface area (TPSA) is 34.1 Å². The lowest BCUT2D eigenvalue weighted by Crippen LogP contribution is -1.97. The van der Waals surface area contributed by atoms with E-state index in [1.165, 1.54) is 0 Å². The normalized spacial score (nSPS) is 10.5. The van der Waals surface area contributed by atoms with Crippen LogP contribution in [-0.4, -0.2) is 22.2 Å². The predicted octanol–water partition coefficient (Wildman–Crippen LogP) is 2.25. The SMILES string of the molecule is O=C(CBr)C/C=C/CC(=O)CBr. The van der Waals surface area contributed by atoms with Crippen LogP contribution in [0.3, 0.4) is 0 Å². The van der Waals surface area contributed by atoms with E-state index >= 15 is 0 Å². The summed E-state index contributed by atoms with van der Waals surface area (Å²) < 4.78 is 0. The molecule has 0 fully saturated rings. The summed E-state index contributed by atoms with van der Waals surface area (Å²) in [6.45, 7) is 0. The smallest absolute Gasteiger partial charge is 0.147 e. The van der Waals surface area contributed by atoms with Crippen LogP contribution in [0.2, 0.25) is 0 Å². The predicted molar refractivity (Wildman–Crippen MR) is 56.0 cm³/mol. The van der Waals surface area contributed by atoms with Crippen LogP contribution in [0.15, 0.2) is 12.2 Å². The van der Waals surface area contributed by atoms with E-state index in [0.29, 0.717) is 23.5 Å². The zero-order valence-electron chi connectivity index (χ0n) is 6.56. The van der Waals surface area contributed by atoms with Crippen LogP contribution < -0.4 is 0 Å². The van der Waals surface area contributed by atoms with Gasteiger partial charge in [-0.1, -0.05) is 44.0 Å². The van der Waals surface area contributed by atoms with Crippen molar-refractivity contribution in [3.63, 3.8) is 0 Å². The average molecular weight is 298 g/mol. The fourth-order valence-corrected chi connectivity index (χ4v) is 0.997. The lowest BCUT2D eigenvalue weighted by molar-refractivity contribution is -0.116. The highest BCUT2D eigenvalue weighted by molar-refractivity contribution is 9.09. The van der Waals surface area contributed by atoms with Crippen LogP contribution in [0.1, 0.15) is 12.8 Å². The van der Waals surface area contributed by atoms with Gasteiger partial charge in [0.25, 0.3) is 0 Å². The van der Waals surface area contributed by atoms with Gasteiger partial charge in [-0.15, -0.1) is 0 Å². The highest BCUT2D eigenvalue weighted by Crippen LogP contribution is 1.95. The third-order valence-electron chi connectivity index (χ3n) is 1.16. The van der Waals surface area contributed by atoms with Crippen LogP contribution in [-0.2, 0) is 9.59 Å². The van der Waals surface area contributed by atoms with Crippen molar-refractivity contribution in [2.45, 2.75) is 12.8 Å². The van der Waals surface area contributed by atoms with E-state index in [1.54, 1.807) is 12.2 Å². The summed E-state index contributed by atoms with van der Waals surface area (Å²) in [5.41, 5.74) is 0. The Hall–Kier alpha value is 0.0400. The summed E-state index contributed by atoms with van der Waals surface area (Å²) in [5, 5.41) is 0.757. The van der Waals surface area contributed by atoms with E-state index in [9.17, 15) is 9.59 Å². The van der Waals surface area contributed by atoms with Crippen molar-refractivity contribution in [1.29, 1.82) is 0 Å². The summed E-state index contributed by atoms with van der Waals surface area (Å²) in [4.78, 5) is 21.5. The molecule has 4 heteroatoms. The first kappa shape index (κ1) is 12.0. The van der Waals surface area contributed by atoms with Crippen molar-refractivity contribution >= 4 is 43.4 Å². The molecular formula is C8H10Br2O2. The molecule has 0 aliphatic heterocycles. The third-order valence-corrected chi connectivity index (χ3v) is 2.41. The Morgan fingerprint density at radius 2 is 1.25 bits per heavy atom. The molecule has 68 valence electrons. The number of carbonyl (C=O) groups is 2. The number of hydrogen-bond acceptors (Lipinski definition) is 2. The molecule has 0 bridgehead atoms. The Morgan fingerprint density at radius 1 is 0.917 bits per heavy atom. The van der Waals surface area contributed by atoms with Crippen LogP contribution in [0.25, 0.3) is 0 Å². The summed E-state index contributed by atoms with van der Waals surface area (Å²) >= 11 is 6.10. The highest BCUT2D eigenvalue weighted by atomic mass is 79.9. The summed E-state index contributed by atoms with van der Waals surface area (Å²) in [6.07, 6.45) is 4.26. The van der Waals surface area contributed by atoms with Gasteiger partial charge in [-0.3, -0.25) is 9.59 Å². The lowest BCUT2D eigenvalue weighted by atomic mass is 10.2. The average Bonchev–Trinajstić information content (AvgIpc) is 2.11. The Bertz CT molecular complexity index is 167. The number of Topliss-reactive ketones (excluding diaryl/α,β-unsaturated/α-hetero) is 2. The molecule has 0 aliphatic rings. The minimum Gasteiger partial charge on any atom is -0.298 e. The van der Waals surface area contributed by atoms with E-state index in [-0.39, 0.29) is 11.6 Å². The number of halogens is 2. The molecule has 0 spiro atoms. The van der Waals surface area contributed by atoms with Gasteiger partial charge in [-0.2, -0.15) is 0 Å². The third kappa shape index (κ3) is 6.73. The highest BCUT2D eigenvalue weighted by Gasteiger charge is 1.95. The van der Waals surface area contributed by atoms with Crippen LogP contribution in [0.5, 0.6) is 0 Å². The molecule has 0 heterocycles. The first-order chi connectivity index (χ1) is 5.70. The molecule has 0 aliphatic carbocycles. The van der Waals surface area contributed by atoms with Gasteiger partial charge in [0.2, 0.25) is 0 Å². The van der Waals surface area contributed by atoms with Crippen molar-refractivity contribution in [3.8, 4) is 0 Å². The van der Waals surface area contributed by atoms with E-state index in [0.717, 1.165) is 0 Å². The minimum absolute atomic E-state index is 0.123. The van der Waals surface area contributed by atoms with Gasteiger partial charge in [0.1, 0.15) is 11.6 Å². The number of allylic oxidation sites excluding steroid dienone is 2. The molecule has 0 amide bonds. The fraction of sp³-hybridized carbons (Fsp3) is 0.500. The molecule has 0 aromatic carbocycles. The standard InChI is InChI=1S/C8H10Br2O2/c9-5-7(11)3-1-2-4-8(12)6-10/h1-2H,3-6H2/b2-1+. The Labute approximate surface area is 88.7 Å². The summed E-state index contributed by atoms with van der Waals surface area (Å²) in [5.74, 6) is 0.245. The van der Waals surface area contributed by atoms with Crippen molar-refractivity contribution in [1.82, 2.24) is 0 Å². The second-order valence-corrected chi connectivity index (χ2v) is 3.35. The number of hydrogen-bond donors (Lipinski definition) is 0. The zero-order valence-corrected chi connectivity index (χ0v) is 9.73. The summed E-state index contributed by atoms with van der Waals surface area (Å²) in [6, 6.07) is 0. The van der Waals surface area contributed by atoms with Gasteiger partial charge < -0.3 is 0 Å². The Balaban J connectivity index is 3.50. The lowest BCUT2D eigenvalue weighted by Gasteiger charge is -1.88. The van der Waals surface area contributed by atoms with E-state index in [1.807, 2.05) is 0 Å². The van der Waals surface area contributed by atoms with Crippen LogP contribution >= 0.6 is 31.9 Å². The molecule has 0 atom stereocenters. The Morgan fingerprint density at radius 3 is 1.50 bits per heavy atom. The molecule has 0 N–H and O–H groups in total. The first-order valence-corrected chi connectivity index (χ1v) is 5.75. The molecule has 0 aromatic heterocycles. The van der Waals surface area contributed by atoms with Crippen molar-refractivity contribution in [2.75, 3.05) is 10.7 Å². The second-order valence-electron chi connectivity index (χ2n) is 2.22. The fourth-order valence-electron chi connectivity index (χ4n) is 0.539. The second kappa shape index (κ2) is 7.68. The maximum absolute atomic E-state index is 10.7. The molecule has 0 radical (unpaired) electrons. The molecule has 0 aromatic rings. The van der Waals surface area contributed by atoms with Crippen LogP contribution in [0.4, 0.5) is 0 Å². The largest absolute Gasteiger partial charge is 0.298 e. The van der Waals surface area contributed by atoms with E-state index in [2.05, 4.69) is 31.9 Å². The van der Waals surface area contributed by atoms with Gasteiger partial charge in [-0.25, -0.2) is 0 Å². The van der Waals surface area contributed by atoms with Gasteiger partial charge in [-0.05, 0) is 0 Å². The number of alkyl halides is 2. The number of carbonyl (C=O) groups excluding carboxylic acids is 2. The molecule has 0 saturated heterocycles. The van der Waals surface area contributed by atoms with E-state index < -0.39 is 0 Å². The monoisotopic (exact) mass is 296 g/mol. The van der Waals surface area contributed by atoms with Crippen molar-refractivity contribution in [3.05, 3.63) is 12.2 Å². The van der Waals surface area contributed by atoms with Gasteiger partial charge in [0.05, 0.1) is 10.7 Å². The van der Waals surface area contributed by atoms with E-state index in [4.69, 9.17) is 0 Å². The summed E-state index contributed by atoms with van der Waals surface area (Å²) in [7, 11) is 0.